The molecule has 3 nitrogen and oxygen atoms in total. The summed E-state index contributed by atoms with van der Waals surface area (Å²) in [5, 5.41) is 0.933. The SMILES string of the molecule is O=C1CCC(C(=O)c2c[nH]c3cc(Br)ccc23)C1. The largest absolute Gasteiger partial charge is 0.360 e. The molecular formula is C14H12BrNO2. The molecule has 3 rings (SSSR count). The van der Waals surface area contributed by atoms with Gasteiger partial charge < -0.3 is 4.98 Å². The van der Waals surface area contributed by atoms with E-state index < -0.39 is 0 Å². The Bertz CT molecular complexity index is 644. The number of halogens is 1. The standard InChI is InChI=1S/C14H12BrNO2/c15-9-2-4-11-12(7-16-13(11)6-9)14(18)8-1-3-10(17)5-8/h2,4,6-8,16H,1,3,5H2. The topological polar surface area (TPSA) is 49.9 Å². The van der Waals surface area contributed by atoms with Gasteiger partial charge in [-0.1, -0.05) is 22.0 Å². The minimum absolute atomic E-state index is 0.0921. The van der Waals surface area contributed by atoms with Crippen molar-refractivity contribution in [2.75, 3.05) is 0 Å². The number of fused-ring (bicyclic) bond motifs is 1. The number of H-pyrrole nitrogens is 1. The second kappa shape index (κ2) is 4.35. The monoisotopic (exact) mass is 305 g/mol. The van der Waals surface area contributed by atoms with Crippen molar-refractivity contribution in [3.8, 4) is 0 Å². The number of benzene rings is 1. The van der Waals surface area contributed by atoms with E-state index in [9.17, 15) is 9.59 Å². The van der Waals surface area contributed by atoms with E-state index >= 15 is 0 Å². The van der Waals surface area contributed by atoms with Crippen LogP contribution in [0.1, 0.15) is 29.6 Å². The van der Waals surface area contributed by atoms with E-state index in [0.717, 1.165) is 15.4 Å². The zero-order chi connectivity index (χ0) is 12.7. The lowest BCUT2D eigenvalue weighted by Crippen LogP contribution is -2.11. The van der Waals surface area contributed by atoms with Gasteiger partial charge in [0.2, 0.25) is 0 Å². The zero-order valence-corrected chi connectivity index (χ0v) is 11.3. The third kappa shape index (κ3) is 1.90. The Morgan fingerprint density at radius 3 is 2.94 bits per heavy atom. The maximum atomic E-state index is 12.4. The molecule has 4 heteroatoms. The molecule has 0 spiro atoms. The molecule has 92 valence electrons. The summed E-state index contributed by atoms with van der Waals surface area (Å²) < 4.78 is 0.979. The van der Waals surface area contributed by atoms with Crippen LogP contribution in [-0.2, 0) is 4.79 Å². The van der Waals surface area contributed by atoms with Crippen LogP contribution in [0.3, 0.4) is 0 Å². The number of aromatic amines is 1. The second-order valence-corrected chi connectivity index (χ2v) is 5.65. The molecule has 0 radical (unpaired) electrons. The van der Waals surface area contributed by atoms with Gasteiger partial charge in [0.1, 0.15) is 5.78 Å². The minimum Gasteiger partial charge on any atom is -0.360 e. The number of carbonyl (C=O) groups is 2. The van der Waals surface area contributed by atoms with Crippen molar-refractivity contribution in [2.45, 2.75) is 19.3 Å². The van der Waals surface area contributed by atoms with Crippen LogP contribution in [0, 0.1) is 5.92 Å². The number of rotatable bonds is 2. The molecule has 0 aliphatic heterocycles. The van der Waals surface area contributed by atoms with Crippen LogP contribution in [0.4, 0.5) is 0 Å². The first-order valence-electron chi connectivity index (χ1n) is 5.97. The molecule has 0 bridgehead atoms. The zero-order valence-electron chi connectivity index (χ0n) is 9.70. The van der Waals surface area contributed by atoms with Crippen LogP contribution in [-0.4, -0.2) is 16.6 Å². The number of hydrogen-bond donors (Lipinski definition) is 1. The predicted octanol–water partition coefficient (Wildman–Crippen LogP) is 3.48. The molecule has 18 heavy (non-hydrogen) atoms. The van der Waals surface area contributed by atoms with E-state index in [4.69, 9.17) is 0 Å². The molecule has 0 saturated heterocycles. The molecule has 1 aromatic heterocycles. The Hall–Kier alpha value is -1.42. The van der Waals surface area contributed by atoms with Crippen LogP contribution in [0.2, 0.25) is 0 Å². The van der Waals surface area contributed by atoms with Gasteiger partial charge in [0.25, 0.3) is 0 Å². The Morgan fingerprint density at radius 2 is 2.22 bits per heavy atom. The van der Waals surface area contributed by atoms with Gasteiger partial charge in [-0.05, 0) is 18.6 Å². The molecule has 1 aliphatic rings. The van der Waals surface area contributed by atoms with Gasteiger partial charge >= 0.3 is 0 Å². The summed E-state index contributed by atoms with van der Waals surface area (Å²) in [4.78, 5) is 26.7. The maximum Gasteiger partial charge on any atom is 0.168 e. The van der Waals surface area contributed by atoms with E-state index in [1.54, 1.807) is 6.20 Å². The van der Waals surface area contributed by atoms with E-state index in [1.807, 2.05) is 18.2 Å². The summed E-state index contributed by atoms with van der Waals surface area (Å²) in [6, 6.07) is 5.80. The molecule has 1 heterocycles. The summed E-state index contributed by atoms with van der Waals surface area (Å²) >= 11 is 3.40. The van der Waals surface area contributed by atoms with Crippen molar-refractivity contribution in [2.24, 2.45) is 5.92 Å². The third-order valence-electron chi connectivity index (χ3n) is 3.53. The molecule has 1 aromatic carbocycles. The fourth-order valence-electron chi connectivity index (χ4n) is 2.56. The smallest absolute Gasteiger partial charge is 0.168 e. The Morgan fingerprint density at radius 1 is 1.39 bits per heavy atom. The van der Waals surface area contributed by atoms with Crippen molar-refractivity contribution in [3.05, 3.63) is 34.4 Å². The molecule has 0 amide bonds. The molecule has 1 unspecified atom stereocenters. The Balaban J connectivity index is 1.99. The number of nitrogens with one attached hydrogen (secondary N) is 1. The van der Waals surface area contributed by atoms with Gasteiger partial charge in [-0.15, -0.1) is 0 Å². The van der Waals surface area contributed by atoms with Gasteiger partial charge in [0.05, 0.1) is 0 Å². The first kappa shape index (κ1) is 11.7. The number of hydrogen-bond acceptors (Lipinski definition) is 2. The van der Waals surface area contributed by atoms with Crippen LogP contribution in [0.15, 0.2) is 28.9 Å². The quantitative estimate of drug-likeness (QED) is 0.864. The highest BCUT2D eigenvalue weighted by Gasteiger charge is 2.30. The molecule has 1 N–H and O–H groups in total. The summed E-state index contributed by atoms with van der Waals surface area (Å²) in [5.74, 6) is 0.172. The van der Waals surface area contributed by atoms with Crippen molar-refractivity contribution < 1.29 is 9.59 Å². The average Bonchev–Trinajstić information content (AvgIpc) is 2.94. The fraction of sp³-hybridized carbons (Fsp3) is 0.286. The summed E-state index contributed by atoms with van der Waals surface area (Å²) in [5.41, 5.74) is 1.65. The van der Waals surface area contributed by atoms with E-state index in [-0.39, 0.29) is 17.5 Å². The molecule has 1 aliphatic carbocycles. The first-order valence-corrected chi connectivity index (χ1v) is 6.77. The van der Waals surface area contributed by atoms with Gasteiger partial charge in [-0.2, -0.15) is 0 Å². The number of carbonyl (C=O) groups excluding carboxylic acids is 2. The van der Waals surface area contributed by atoms with Crippen LogP contribution < -0.4 is 0 Å². The Labute approximate surface area is 113 Å². The lowest BCUT2D eigenvalue weighted by molar-refractivity contribution is -0.117. The van der Waals surface area contributed by atoms with Crippen molar-refractivity contribution >= 4 is 38.4 Å². The molecule has 2 aromatic rings. The first-order chi connectivity index (χ1) is 8.65. The number of ketones is 2. The predicted molar refractivity (Wildman–Crippen MR) is 72.7 cm³/mol. The van der Waals surface area contributed by atoms with Gasteiger partial charge in [-0.25, -0.2) is 0 Å². The Kier molecular flexibility index (Phi) is 2.82. The van der Waals surface area contributed by atoms with Crippen molar-refractivity contribution in [3.63, 3.8) is 0 Å². The van der Waals surface area contributed by atoms with Crippen LogP contribution in [0.25, 0.3) is 10.9 Å². The van der Waals surface area contributed by atoms with Gasteiger partial charge in [-0.3, -0.25) is 9.59 Å². The van der Waals surface area contributed by atoms with Gasteiger partial charge in [0, 0.05) is 45.9 Å². The lowest BCUT2D eigenvalue weighted by Gasteiger charge is -2.05. The molecule has 1 saturated carbocycles. The number of aromatic nitrogens is 1. The average molecular weight is 306 g/mol. The molecule has 1 fully saturated rings. The summed E-state index contributed by atoms with van der Waals surface area (Å²) in [7, 11) is 0. The van der Waals surface area contributed by atoms with E-state index in [2.05, 4.69) is 20.9 Å². The minimum atomic E-state index is -0.125. The third-order valence-corrected chi connectivity index (χ3v) is 4.02. The highest BCUT2D eigenvalue weighted by Crippen LogP contribution is 2.29. The maximum absolute atomic E-state index is 12.4. The molecule has 1 atom stereocenters. The van der Waals surface area contributed by atoms with Crippen molar-refractivity contribution in [1.82, 2.24) is 4.98 Å². The summed E-state index contributed by atoms with van der Waals surface area (Å²) in [6.07, 6.45) is 3.40. The normalized spacial score (nSPS) is 19.6. The second-order valence-electron chi connectivity index (χ2n) is 4.73. The number of Topliss-reactive ketones (excluding diaryl/α,β-unsaturated/α-hetero) is 2. The van der Waals surface area contributed by atoms with Crippen LogP contribution >= 0.6 is 15.9 Å². The highest BCUT2D eigenvalue weighted by molar-refractivity contribution is 9.10. The fourth-order valence-corrected chi connectivity index (χ4v) is 2.92. The van der Waals surface area contributed by atoms with E-state index in [0.29, 0.717) is 24.8 Å². The van der Waals surface area contributed by atoms with Crippen LogP contribution in [0.5, 0.6) is 0 Å². The lowest BCUT2D eigenvalue weighted by atomic mass is 9.96. The molecular weight excluding hydrogens is 294 g/mol. The van der Waals surface area contributed by atoms with Gasteiger partial charge in [0.15, 0.2) is 5.78 Å². The van der Waals surface area contributed by atoms with Crippen molar-refractivity contribution in [1.29, 1.82) is 0 Å². The van der Waals surface area contributed by atoms with E-state index in [1.165, 1.54) is 0 Å². The highest BCUT2D eigenvalue weighted by atomic mass is 79.9. The summed E-state index contributed by atoms with van der Waals surface area (Å²) in [6.45, 7) is 0.